The van der Waals surface area contributed by atoms with Crippen molar-refractivity contribution in [1.29, 1.82) is 0 Å². The number of methoxy groups -OCH3 is 1. The maximum atomic E-state index is 11.0. The summed E-state index contributed by atoms with van der Waals surface area (Å²) >= 11 is 5.68. The molecule has 0 unspecified atom stereocenters. The average Bonchev–Trinajstić information content (AvgIpc) is 2.17. The highest BCUT2D eigenvalue weighted by atomic mass is 35.5. The Balaban J connectivity index is 3.15. The standard InChI is InChI=1S/C9H6ClNO2/c1-11-8-5-6(9(12)13-2)3-4-7(8)10/h3-5H,2H3. The summed E-state index contributed by atoms with van der Waals surface area (Å²) in [5.74, 6) is -0.471. The number of rotatable bonds is 1. The van der Waals surface area contributed by atoms with Crippen molar-refractivity contribution in [2.24, 2.45) is 0 Å². The van der Waals surface area contributed by atoms with E-state index in [0.29, 0.717) is 10.6 Å². The normalized spacial score (nSPS) is 9.00. The zero-order chi connectivity index (χ0) is 9.84. The molecule has 4 heteroatoms. The molecule has 0 aromatic heterocycles. The minimum atomic E-state index is -0.471. The van der Waals surface area contributed by atoms with Crippen molar-refractivity contribution < 1.29 is 9.53 Å². The Morgan fingerprint density at radius 3 is 2.85 bits per heavy atom. The van der Waals surface area contributed by atoms with E-state index < -0.39 is 5.97 Å². The number of ether oxygens (including phenoxy) is 1. The van der Waals surface area contributed by atoms with Gasteiger partial charge in [-0.25, -0.2) is 9.64 Å². The minimum absolute atomic E-state index is 0.254. The van der Waals surface area contributed by atoms with E-state index in [-0.39, 0.29) is 5.69 Å². The van der Waals surface area contributed by atoms with Gasteiger partial charge in [0, 0.05) is 10.6 Å². The molecule has 0 N–H and O–H groups in total. The van der Waals surface area contributed by atoms with Gasteiger partial charge in [0.05, 0.1) is 13.7 Å². The molecule has 0 radical (unpaired) electrons. The van der Waals surface area contributed by atoms with Crippen molar-refractivity contribution in [1.82, 2.24) is 0 Å². The van der Waals surface area contributed by atoms with Gasteiger partial charge in [0.15, 0.2) is 0 Å². The summed E-state index contributed by atoms with van der Waals surface area (Å²) in [5, 5.41) is 0.336. The smallest absolute Gasteiger partial charge is 0.336 e. The molecule has 66 valence electrons. The first-order chi connectivity index (χ1) is 6.19. The molecule has 1 rings (SSSR count). The van der Waals surface area contributed by atoms with Crippen LogP contribution >= 0.6 is 11.6 Å². The molecule has 0 fully saturated rings. The highest BCUT2D eigenvalue weighted by Gasteiger charge is 2.07. The summed E-state index contributed by atoms with van der Waals surface area (Å²) in [5.41, 5.74) is 0.586. The van der Waals surface area contributed by atoms with Crippen molar-refractivity contribution in [3.63, 3.8) is 0 Å². The summed E-state index contributed by atoms with van der Waals surface area (Å²) in [4.78, 5) is 14.2. The van der Waals surface area contributed by atoms with Crippen molar-refractivity contribution in [3.05, 3.63) is 40.2 Å². The Kier molecular flexibility index (Phi) is 2.88. The molecule has 0 aliphatic rings. The van der Waals surface area contributed by atoms with Crippen LogP contribution in [-0.4, -0.2) is 13.1 Å². The van der Waals surface area contributed by atoms with Gasteiger partial charge >= 0.3 is 5.97 Å². The van der Waals surface area contributed by atoms with Crippen LogP contribution in [0.5, 0.6) is 0 Å². The third kappa shape index (κ3) is 1.98. The van der Waals surface area contributed by atoms with Crippen LogP contribution in [0.4, 0.5) is 5.69 Å². The molecule has 0 aliphatic carbocycles. The minimum Gasteiger partial charge on any atom is -0.465 e. The first-order valence-electron chi connectivity index (χ1n) is 3.44. The molecular weight excluding hydrogens is 190 g/mol. The molecule has 1 aromatic rings. The first kappa shape index (κ1) is 9.56. The number of benzene rings is 1. The lowest BCUT2D eigenvalue weighted by molar-refractivity contribution is 0.0601. The van der Waals surface area contributed by atoms with Crippen molar-refractivity contribution in [2.75, 3.05) is 7.11 Å². The van der Waals surface area contributed by atoms with E-state index in [1.807, 2.05) is 0 Å². The maximum Gasteiger partial charge on any atom is 0.336 e. The SMILES string of the molecule is [C-]#[N+]c1cc(C(=O)OC)ccc1Cl. The molecule has 0 saturated carbocycles. The van der Waals surface area contributed by atoms with E-state index in [1.165, 1.54) is 25.3 Å². The summed E-state index contributed by atoms with van der Waals surface area (Å²) < 4.78 is 4.49. The fraction of sp³-hybridized carbons (Fsp3) is 0.111. The largest absolute Gasteiger partial charge is 0.465 e. The molecule has 0 heterocycles. The quantitative estimate of drug-likeness (QED) is 0.510. The van der Waals surface area contributed by atoms with Crippen LogP contribution in [0.15, 0.2) is 18.2 Å². The van der Waals surface area contributed by atoms with E-state index in [9.17, 15) is 4.79 Å². The van der Waals surface area contributed by atoms with Gasteiger partial charge in [-0.05, 0) is 12.1 Å². The number of hydrogen-bond donors (Lipinski definition) is 0. The summed E-state index contributed by atoms with van der Waals surface area (Å²) in [6.07, 6.45) is 0. The second-order valence-corrected chi connectivity index (χ2v) is 2.68. The predicted molar refractivity (Wildman–Crippen MR) is 49.1 cm³/mol. The Labute approximate surface area is 80.7 Å². The fourth-order valence-electron chi connectivity index (χ4n) is 0.843. The molecule has 13 heavy (non-hydrogen) atoms. The average molecular weight is 196 g/mol. The number of carbonyl (C=O) groups excluding carboxylic acids is 1. The Morgan fingerprint density at radius 2 is 2.31 bits per heavy atom. The molecule has 0 spiro atoms. The zero-order valence-electron chi connectivity index (χ0n) is 6.87. The Bertz CT molecular complexity index is 382. The lowest BCUT2D eigenvalue weighted by Gasteiger charge is -2.00. The lowest BCUT2D eigenvalue weighted by atomic mass is 10.2. The van der Waals surface area contributed by atoms with Crippen molar-refractivity contribution >= 4 is 23.3 Å². The number of halogens is 1. The van der Waals surface area contributed by atoms with Crippen molar-refractivity contribution in [2.45, 2.75) is 0 Å². The molecule has 0 bridgehead atoms. The molecule has 3 nitrogen and oxygen atoms in total. The molecule has 0 amide bonds. The van der Waals surface area contributed by atoms with Gasteiger partial charge in [0.1, 0.15) is 0 Å². The second-order valence-electron chi connectivity index (χ2n) is 2.27. The molecular formula is C9H6ClNO2. The third-order valence-electron chi connectivity index (χ3n) is 1.49. The van der Waals surface area contributed by atoms with Crippen LogP contribution in [0, 0.1) is 6.57 Å². The monoisotopic (exact) mass is 195 g/mol. The highest BCUT2D eigenvalue weighted by Crippen LogP contribution is 2.25. The summed E-state index contributed by atoms with van der Waals surface area (Å²) in [7, 11) is 1.29. The van der Waals surface area contributed by atoms with Crippen LogP contribution in [0.3, 0.4) is 0 Å². The van der Waals surface area contributed by atoms with Crippen molar-refractivity contribution in [3.8, 4) is 0 Å². The number of hydrogen-bond acceptors (Lipinski definition) is 2. The Morgan fingerprint density at radius 1 is 1.62 bits per heavy atom. The molecule has 0 atom stereocenters. The van der Waals surface area contributed by atoms with E-state index in [4.69, 9.17) is 18.2 Å². The lowest BCUT2D eigenvalue weighted by Crippen LogP contribution is -2.00. The molecule has 0 aliphatic heterocycles. The highest BCUT2D eigenvalue weighted by molar-refractivity contribution is 6.33. The van der Waals surface area contributed by atoms with Gasteiger partial charge in [-0.15, -0.1) is 0 Å². The summed E-state index contributed by atoms with van der Waals surface area (Å²) in [6.45, 7) is 6.77. The second kappa shape index (κ2) is 3.92. The molecule has 0 saturated heterocycles. The predicted octanol–water partition coefficient (Wildman–Crippen LogP) is 2.68. The van der Waals surface area contributed by atoms with Gasteiger partial charge in [-0.1, -0.05) is 17.7 Å². The number of esters is 1. The van der Waals surface area contributed by atoms with E-state index in [2.05, 4.69) is 9.58 Å². The Hall–Kier alpha value is -1.53. The van der Waals surface area contributed by atoms with Crippen LogP contribution in [-0.2, 0) is 4.74 Å². The number of carbonyl (C=O) groups is 1. The fourth-order valence-corrected chi connectivity index (χ4v) is 1.00. The number of nitrogens with zero attached hydrogens (tertiary/aromatic N) is 1. The maximum absolute atomic E-state index is 11.0. The van der Waals surface area contributed by atoms with E-state index >= 15 is 0 Å². The van der Waals surface area contributed by atoms with Gasteiger partial charge in [-0.2, -0.15) is 0 Å². The first-order valence-corrected chi connectivity index (χ1v) is 3.82. The zero-order valence-corrected chi connectivity index (χ0v) is 7.63. The van der Waals surface area contributed by atoms with Crippen LogP contribution in [0.2, 0.25) is 5.02 Å². The van der Waals surface area contributed by atoms with E-state index in [1.54, 1.807) is 0 Å². The topological polar surface area (TPSA) is 30.7 Å². The van der Waals surface area contributed by atoms with Crippen LogP contribution in [0.25, 0.3) is 4.85 Å². The third-order valence-corrected chi connectivity index (χ3v) is 1.81. The van der Waals surface area contributed by atoms with Gasteiger partial charge in [0.25, 0.3) is 0 Å². The molecule has 1 aromatic carbocycles. The van der Waals surface area contributed by atoms with Crippen LogP contribution in [0.1, 0.15) is 10.4 Å². The summed E-state index contributed by atoms with van der Waals surface area (Å²) in [6, 6.07) is 4.42. The van der Waals surface area contributed by atoms with Gasteiger partial charge < -0.3 is 4.74 Å². The van der Waals surface area contributed by atoms with Gasteiger partial charge in [0.2, 0.25) is 5.69 Å². The van der Waals surface area contributed by atoms with Crippen LogP contribution < -0.4 is 0 Å². The van der Waals surface area contributed by atoms with E-state index in [0.717, 1.165) is 0 Å². The van der Waals surface area contributed by atoms with Gasteiger partial charge in [-0.3, -0.25) is 0 Å².